The molecule has 0 spiro atoms. The van der Waals surface area contributed by atoms with Crippen molar-refractivity contribution in [1.29, 1.82) is 0 Å². The topological polar surface area (TPSA) is 26.8 Å². The maximum absolute atomic E-state index is 12.2. The lowest BCUT2D eigenvalue weighted by atomic mass is 9.95. The van der Waals surface area contributed by atoms with Gasteiger partial charge < -0.3 is 9.80 Å². The van der Waals surface area contributed by atoms with Gasteiger partial charge in [-0.15, -0.1) is 24.0 Å². The zero-order valence-electron chi connectivity index (χ0n) is 10.6. The van der Waals surface area contributed by atoms with E-state index in [0.717, 1.165) is 12.8 Å². The van der Waals surface area contributed by atoms with E-state index in [-0.39, 0.29) is 30.0 Å². The first-order valence-electron chi connectivity index (χ1n) is 6.10. The van der Waals surface area contributed by atoms with E-state index in [0.29, 0.717) is 12.7 Å². The Morgan fingerprint density at radius 1 is 1.24 bits per heavy atom. The van der Waals surface area contributed by atoms with E-state index in [1.54, 1.807) is 4.90 Å². The zero-order chi connectivity index (χ0) is 11.5. The van der Waals surface area contributed by atoms with E-state index in [2.05, 4.69) is 0 Å². The quantitative estimate of drug-likeness (QED) is 0.679. The fraction of sp³-hybridized carbons (Fsp3) is 0.750. The van der Waals surface area contributed by atoms with Crippen LogP contribution >= 0.6 is 24.0 Å². The third-order valence-electron chi connectivity index (χ3n) is 3.55. The molecule has 0 atom stereocenters. The van der Waals surface area contributed by atoms with Crippen LogP contribution in [0, 0.1) is 0 Å². The first-order valence-corrected chi connectivity index (χ1v) is 6.10. The lowest BCUT2D eigenvalue weighted by Crippen LogP contribution is -2.45. The number of hydrogen-bond donors (Lipinski definition) is 0. The summed E-state index contributed by atoms with van der Waals surface area (Å²) in [6.45, 7) is 0.676. The van der Waals surface area contributed by atoms with Gasteiger partial charge in [0, 0.05) is 32.5 Å². The van der Waals surface area contributed by atoms with Gasteiger partial charge in [-0.1, -0.05) is 19.3 Å². The summed E-state index contributed by atoms with van der Waals surface area (Å²) in [5, 5.41) is 0. The normalized spacial score (nSPS) is 20.4. The van der Waals surface area contributed by atoms with E-state index < -0.39 is 0 Å². The Labute approximate surface area is 121 Å². The molecule has 0 saturated heterocycles. The maximum atomic E-state index is 12.2. The van der Waals surface area contributed by atoms with Crippen LogP contribution in [0.2, 0.25) is 0 Å². The Morgan fingerprint density at radius 3 is 2.41 bits per heavy atom. The highest BCUT2D eigenvalue weighted by atomic mass is 127. The minimum Gasteiger partial charge on any atom is -0.361 e. The predicted molar refractivity (Wildman–Crippen MR) is 79.1 cm³/mol. The second-order valence-corrected chi connectivity index (χ2v) is 4.85. The molecule has 5 heteroatoms. The SMILES string of the molecule is CN1C=CN(C(=O)N(C)C2CCCCC2)C1.I. The molecule has 0 unspecified atom stereocenters. The lowest BCUT2D eigenvalue weighted by molar-refractivity contribution is 0.143. The number of amides is 2. The van der Waals surface area contributed by atoms with Crippen molar-refractivity contribution in [3.8, 4) is 0 Å². The summed E-state index contributed by atoms with van der Waals surface area (Å²) in [6.07, 6.45) is 9.97. The van der Waals surface area contributed by atoms with Crippen LogP contribution < -0.4 is 0 Å². The highest BCUT2D eigenvalue weighted by Gasteiger charge is 2.26. The summed E-state index contributed by atoms with van der Waals surface area (Å²) in [7, 11) is 3.91. The van der Waals surface area contributed by atoms with E-state index >= 15 is 0 Å². The summed E-state index contributed by atoms with van der Waals surface area (Å²) >= 11 is 0. The Bertz CT molecular complexity index is 289. The van der Waals surface area contributed by atoms with Crippen LogP contribution in [0.15, 0.2) is 12.4 Å². The predicted octanol–water partition coefficient (Wildman–Crippen LogP) is 2.67. The van der Waals surface area contributed by atoms with Crippen molar-refractivity contribution in [1.82, 2.24) is 14.7 Å². The number of rotatable bonds is 1. The van der Waals surface area contributed by atoms with Crippen molar-refractivity contribution in [3.63, 3.8) is 0 Å². The number of carbonyl (C=O) groups excluding carboxylic acids is 1. The number of carbonyl (C=O) groups is 1. The molecule has 2 aliphatic rings. The second kappa shape index (κ2) is 6.47. The average molecular weight is 351 g/mol. The van der Waals surface area contributed by atoms with Crippen LogP contribution in [0.1, 0.15) is 32.1 Å². The summed E-state index contributed by atoms with van der Waals surface area (Å²) < 4.78 is 0. The van der Waals surface area contributed by atoms with Crippen molar-refractivity contribution in [2.24, 2.45) is 0 Å². The van der Waals surface area contributed by atoms with Gasteiger partial charge in [-0.25, -0.2) is 4.79 Å². The minimum atomic E-state index is 0. The molecule has 0 aromatic rings. The molecule has 1 fully saturated rings. The number of hydrogen-bond acceptors (Lipinski definition) is 2. The van der Waals surface area contributed by atoms with Crippen LogP contribution in [0.5, 0.6) is 0 Å². The van der Waals surface area contributed by atoms with Crippen LogP contribution in [-0.4, -0.2) is 47.5 Å². The number of urea groups is 1. The molecule has 0 aromatic carbocycles. The average Bonchev–Trinajstić information content (AvgIpc) is 2.75. The molecule has 2 rings (SSSR count). The molecule has 0 aromatic heterocycles. The molecule has 0 bridgehead atoms. The molecule has 98 valence electrons. The van der Waals surface area contributed by atoms with Gasteiger partial charge in [-0.3, -0.25) is 4.90 Å². The van der Waals surface area contributed by atoms with Crippen LogP contribution in [0.4, 0.5) is 4.79 Å². The Hall–Kier alpha value is -0.460. The van der Waals surface area contributed by atoms with Gasteiger partial charge >= 0.3 is 6.03 Å². The molecule has 1 aliphatic heterocycles. The van der Waals surface area contributed by atoms with Gasteiger partial charge in [0.15, 0.2) is 0 Å². The van der Waals surface area contributed by atoms with Crippen molar-refractivity contribution < 1.29 is 4.79 Å². The third-order valence-corrected chi connectivity index (χ3v) is 3.55. The van der Waals surface area contributed by atoms with Gasteiger partial charge in [-0.05, 0) is 12.8 Å². The molecule has 2 amide bonds. The van der Waals surface area contributed by atoms with Gasteiger partial charge in [0.05, 0.1) is 6.67 Å². The fourth-order valence-electron chi connectivity index (χ4n) is 2.48. The van der Waals surface area contributed by atoms with Gasteiger partial charge in [0.25, 0.3) is 0 Å². The molecule has 1 heterocycles. The molecule has 1 saturated carbocycles. The molecule has 17 heavy (non-hydrogen) atoms. The van der Waals surface area contributed by atoms with Crippen molar-refractivity contribution in [2.75, 3.05) is 20.8 Å². The van der Waals surface area contributed by atoms with Crippen molar-refractivity contribution >= 4 is 30.0 Å². The first kappa shape index (κ1) is 14.6. The van der Waals surface area contributed by atoms with Crippen LogP contribution in [-0.2, 0) is 0 Å². The molecular weight excluding hydrogens is 329 g/mol. The van der Waals surface area contributed by atoms with Crippen molar-refractivity contribution in [2.45, 2.75) is 38.1 Å². The van der Waals surface area contributed by atoms with Gasteiger partial charge in [-0.2, -0.15) is 0 Å². The lowest BCUT2D eigenvalue weighted by Gasteiger charge is -2.33. The molecule has 4 nitrogen and oxygen atoms in total. The molecule has 0 N–H and O–H groups in total. The number of halogens is 1. The fourth-order valence-corrected chi connectivity index (χ4v) is 2.48. The zero-order valence-corrected chi connectivity index (χ0v) is 13.0. The summed E-state index contributed by atoms with van der Waals surface area (Å²) in [6, 6.07) is 0.577. The monoisotopic (exact) mass is 351 g/mol. The first-order chi connectivity index (χ1) is 7.68. The van der Waals surface area contributed by atoms with Gasteiger partial charge in [0.2, 0.25) is 0 Å². The maximum Gasteiger partial charge on any atom is 0.325 e. The Morgan fingerprint density at radius 2 is 1.88 bits per heavy atom. The highest BCUT2D eigenvalue weighted by molar-refractivity contribution is 14.0. The van der Waals surface area contributed by atoms with Crippen molar-refractivity contribution in [3.05, 3.63) is 12.4 Å². The summed E-state index contributed by atoms with van der Waals surface area (Å²) in [5.74, 6) is 0. The standard InChI is InChI=1S/C12H21N3O.HI/c1-13-8-9-15(10-13)12(16)14(2)11-6-4-3-5-7-11;/h8-9,11H,3-7,10H2,1-2H3;1H. The Kier molecular flexibility index (Phi) is 5.55. The molecule has 1 aliphatic carbocycles. The van der Waals surface area contributed by atoms with E-state index in [1.165, 1.54) is 19.3 Å². The molecule has 0 radical (unpaired) electrons. The van der Waals surface area contributed by atoms with E-state index in [9.17, 15) is 4.79 Å². The smallest absolute Gasteiger partial charge is 0.325 e. The largest absolute Gasteiger partial charge is 0.361 e. The van der Waals surface area contributed by atoms with Crippen LogP contribution in [0.25, 0.3) is 0 Å². The summed E-state index contributed by atoms with van der Waals surface area (Å²) in [4.78, 5) is 17.9. The van der Waals surface area contributed by atoms with Gasteiger partial charge in [0.1, 0.15) is 0 Å². The number of nitrogens with zero attached hydrogens (tertiary/aromatic N) is 3. The third kappa shape index (κ3) is 3.50. The second-order valence-electron chi connectivity index (χ2n) is 4.85. The molecular formula is C12H22IN3O. The summed E-state index contributed by atoms with van der Waals surface area (Å²) in [5.41, 5.74) is 0. The highest BCUT2D eigenvalue weighted by Crippen LogP contribution is 2.22. The van der Waals surface area contributed by atoms with Crippen LogP contribution in [0.3, 0.4) is 0 Å². The minimum absolute atomic E-state index is 0. The van der Waals surface area contributed by atoms with E-state index in [1.807, 2.05) is 36.3 Å². The van der Waals surface area contributed by atoms with E-state index in [4.69, 9.17) is 0 Å². The Balaban J connectivity index is 0.00000144.